The van der Waals surface area contributed by atoms with E-state index in [1.165, 1.54) is 19.5 Å². The maximum atomic E-state index is 12.1. The van der Waals surface area contributed by atoms with Crippen molar-refractivity contribution >= 4 is 29.3 Å². The van der Waals surface area contributed by atoms with E-state index in [9.17, 15) is 9.59 Å². The largest absolute Gasteiger partial charge is 0.465 e. The van der Waals surface area contributed by atoms with Gasteiger partial charge >= 0.3 is 5.97 Å². The summed E-state index contributed by atoms with van der Waals surface area (Å²) in [5, 5.41) is 9.22. The first-order chi connectivity index (χ1) is 12.5. The molecule has 0 atom stereocenters. The fraction of sp³-hybridized carbons (Fsp3) is 0.118. The zero-order chi connectivity index (χ0) is 18.5. The Morgan fingerprint density at radius 2 is 1.88 bits per heavy atom. The molecule has 1 aromatic carbocycles. The molecule has 3 rings (SSSR count). The van der Waals surface area contributed by atoms with E-state index in [1.807, 2.05) is 0 Å². The second-order valence-electron chi connectivity index (χ2n) is 5.27. The molecule has 0 saturated heterocycles. The molecule has 0 unspecified atom stereocenters. The van der Waals surface area contributed by atoms with Crippen LogP contribution in [0.3, 0.4) is 0 Å². The Morgan fingerprint density at radius 1 is 1.12 bits per heavy atom. The number of anilines is 3. The Morgan fingerprint density at radius 3 is 2.54 bits per heavy atom. The van der Waals surface area contributed by atoms with E-state index in [0.29, 0.717) is 22.8 Å². The molecule has 2 N–H and O–H groups in total. The maximum absolute atomic E-state index is 12.1. The standard InChI is InChI=1S/C17H15N5O4/c1-10-6-14(22-26-10)21-15(23)12-8-18-17(19-9-12)20-13-5-3-4-11(7-13)16(24)25-2/h3-9H,1-2H3,(H,18,19,20)(H,21,22,23). The van der Waals surface area contributed by atoms with Gasteiger partial charge in [0.25, 0.3) is 5.91 Å². The zero-order valence-electron chi connectivity index (χ0n) is 14.0. The average Bonchev–Trinajstić information content (AvgIpc) is 3.06. The Balaban J connectivity index is 1.68. The number of hydrogen-bond donors (Lipinski definition) is 2. The number of amides is 1. The summed E-state index contributed by atoms with van der Waals surface area (Å²) in [4.78, 5) is 31.8. The summed E-state index contributed by atoms with van der Waals surface area (Å²) < 4.78 is 9.56. The first-order valence-corrected chi connectivity index (χ1v) is 7.57. The van der Waals surface area contributed by atoms with Crippen molar-refractivity contribution in [3.05, 3.63) is 59.6 Å². The molecule has 132 valence electrons. The monoisotopic (exact) mass is 353 g/mol. The van der Waals surface area contributed by atoms with Crippen LogP contribution in [0.5, 0.6) is 0 Å². The maximum Gasteiger partial charge on any atom is 0.337 e. The van der Waals surface area contributed by atoms with Crippen molar-refractivity contribution in [2.24, 2.45) is 0 Å². The molecule has 0 aliphatic rings. The van der Waals surface area contributed by atoms with Crippen LogP contribution >= 0.6 is 0 Å². The first kappa shape index (κ1) is 17.1. The molecule has 0 bridgehead atoms. The first-order valence-electron chi connectivity index (χ1n) is 7.57. The number of hydrogen-bond acceptors (Lipinski definition) is 8. The van der Waals surface area contributed by atoms with Gasteiger partial charge in [-0.15, -0.1) is 0 Å². The molecule has 9 heteroatoms. The Labute approximate surface area is 148 Å². The highest BCUT2D eigenvalue weighted by molar-refractivity contribution is 6.03. The summed E-state index contributed by atoms with van der Waals surface area (Å²) in [5.41, 5.74) is 1.28. The van der Waals surface area contributed by atoms with Crippen molar-refractivity contribution in [3.8, 4) is 0 Å². The van der Waals surface area contributed by atoms with Gasteiger partial charge in [0.2, 0.25) is 5.95 Å². The van der Waals surface area contributed by atoms with Crippen LogP contribution in [0.1, 0.15) is 26.5 Å². The van der Waals surface area contributed by atoms with Gasteiger partial charge in [-0.25, -0.2) is 14.8 Å². The predicted octanol–water partition coefficient (Wildman–Crippen LogP) is 2.56. The van der Waals surface area contributed by atoms with Gasteiger partial charge in [-0.05, 0) is 25.1 Å². The molecule has 9 nitrogen and oxygen atoms in total. The molecule has 26 heavy (non-hydrogen) atoms. The Kier molecular flexibility index (Phi) is 4.88. The van der Waals surface area contributed by atoms with Crippen LogP contribution in [0, 0.1) is 6.92 Å². The molecule has 0 fully saturated rings. The van der Waals surface area contributed by atoms with Gasteiger partial charge in [0.1, 0.15) is 5.76 Å². The minimum atomic E-state index is -0.440. The molecule has 0 aliphatic carbocycles. The second kappa shape index (κ2) is 7.43. The quantitative estimate of drug-likeness (QED) is 0.672. The highest BCUT2D eigenvalue weighted by Crippen LogP contribution is 2.16. The summed E-state index contributed by atoms with van der Waals surface area (Å²) in [6.07, 6.45) is 2.75. The van der Waals surface area contributed by atoms with E-state index in [1.54, 1.807) is 37.3 Å². The summed E-state index contributed by atoms with van der Waals surface area (Å²) >= 11 is 0. The molecule has 0 saturated carbocycles. The average molecular weight is 353 g/mol. The van der Waals surface area contributed by atoms with E-state index in [-0.39, 0.29) is 11.5 Å². The minimum Gasteiger partial charge on any atom is -0.465 e. The molecule has 2 aromatic heterocycles. The number of aryl methyl sites for hydroxylation is 1. The molecule has 1 amide bonds. The molecule has 3 aromatic rings. The predicted molar refractivity (Wildman–Crippen MR) is 92.3 cm³/mol. The number of nitrogens with one attached hydrogen (secondary N) is 2. The normalized spacial score (nSPS) is 10.2. The number of rotatable bonds is 5. The van der Waals surface area contributed by atoms with Crippen LogP contribution in [-0.2, 0) is 4.74 Å². The number of benzene rings is 1. The second-order valence-corrected chi connectivity index (χ2v) is 5.27. The van der Waals surface area contributed by atoms with Gasteiger partial charge in [0.15, 0.2) is 5.82 Å². The number of methoxy groups -OCH3 is 1. The zero-order valence-corrected chi connectivity index (χ0v) is 14.0. The van der Waals surface area contributed by atoms with E-state index < -0.39 is 11.9 Å². The fourth-order valence-electron chi connectivity index (χ4n) is 2.09. The topological polar surface area (TPSA) is 119 Å². The number of carbonyl (C=O) groups excluding carboxylic acids is 2. The highest BCUT2D eigenvalue weighted by Gasteiger charge is 2.11. The molecule has 0 aliphatic heterocycles. The van der Waals surface area contributed by atoms with Crippen molar-refractivity contribution in [2.45, 2.75) is 6.92 Å². The van der Waals surface area contributed by atoms with Crippen LogP contribution in [0.4, 0.5) is 17.5 Å². The van der Waals surface area contributed by atoms with E-state index in [0.717, 1.165) is 0 Å². The van der Waals surface area contributed by atoms with Crippen molar-refractivity contribution < 1.29 is 18.8 Å². The lowest BCUT2D eigenvalue weighted by Crippen LogP contribution is -2.13. The van der Waals surface area contributed by atoms with E-state index >= 15 is 0 Å². The molecule has 2 heterocycles. The van der Waals surface area contributed by atoms with E-state index in [2.05, 4.69) is 30.5 Å². The van der Waals surface area contributed by atoms with Crippen molar-refractivity contribution in [1.29, 1.82) is 0 Å². The third kappa shape index (κ3) is 4.01. The molecule has 0 spiro atoms. The van der Waals surface area contributed by atoms with Crippen molar-refractivity contribution in [1.82, 2.24) is 15.1 Å². The number of esters is 1. The van der Waals surface area contributed by atoms with Gasteiger partial charge in [-0.2, -0.15) is 0 Å². The SMILES string of the molecule is COC(=O)c1cccc(Nc2ncc(C(=O)Nc3cc(C)on3)cn2)c1. The molecule has 0 radical (unpaired) electrons. The lowest BCUT2D eigenvalue weighted by molar-refractivity contribution is 0.0600. The van der Waals surface area contributed by atoms with Gasteiger partial charge in [-0.3, -0.25) is 4.79 Å². The van der Waals surface area contributed by atoms with Gasteiger partial charge in [0.05, 0.1) is 18.2 Å². The third-order valence-electron chi connectivity index (χ3n) is 3.32. The van der Waals surface area contributed by atoms with Gasteiger partial charge < -0.3 is 19.9 Å². The van der Waals surface area contributed by atoms with Crippen LogP contribution in [0.25, 0.3) is 0 Å². The summed E-state index contributed by atoms with van der Waals surface area (Å²) in [6, 6.07) is 8.31. The third-order valence-corrected chi connectivity index (χ3v) is 3.32. The smallest absolute Gasteiger partial charge is 0.337 e. The van der Waals surface area contributed by atoms with Crippen molar-refractivity contribution in [2.75, 3.05) is 17.7 Å². The van der Waals surface area contributed by atoms with Crippen LogP contribution in [0.2, 0.25) is 0 Å². The summed E-state index contributed by atoms with van der Waals surface area (Å²) in [7, 11) is 1.32. The molecular weight excluding hydrogens is 338 g/mol. The Hall–Kier alpha value is -3.75. The van der Waals surface area contributed by atoms with Gasteiger partial charge in [-0.1, -0.05) is 11.2 Å². The number of nitrogens with zero attached hydrogens (tertiary/aromatic N) is 3. The minimum absolute atomic E-state index is 0.263. The Bertz CT molecular complexity index is 936. The molecular formula is C17H15N5O4. The lowest BCUT2D eigenvalue weighted by Gasteiger charge is -2.07. The summed E-state index contributed by atoms with van der Waals surface area (Å²) in [5.74, 6) is 0.336. The highest BCUT2D eigenvalue weighted by atomic mass is 16.5. The fourth-order valence-corrected chi connectivity index (χ4v) is 2.09. The van der Waals surface area contributed by atoms with Crippen molar-refractivity contribution in [3.63, 3.8) is 0 Å². The summed E-state index contributed by atoms with van der Waals surface area (Å²) in [6.45, 7) is 1.72. The number of aromatic nitrogens is 3. The number of carbonyl (C=O) groups is 2. The van der Waals surface area contributed by atoms with Crippen LogP contribution < -0.4 is 10.6 Å². The van der Waals surface area contributed by atoms with Crippen LogP contribution in [0.15, 0.2) is 47.2 Å². The van der Waals surface area contributed by atoms with E-state index in [4.69, 9.17) is 4.52 Å². The van der Waals surface area contributed by atoms with Gasteiger partial charge in [0, 0.05) is 24.1 Å². The number of ether oxygens (including phenoxy) is 1. The van der Waals surface area contributed by atoms with Crippen LogP contribution in [-0.4, -0.2) is 34.1 Å². The lowest BCUT2D eigenvalue weighted by atomic mass is 10.2.